The zero-order chi connectivity index (χ0) is 39.6. The maximum Gasteiger partial charge on any atom is 0.0737 e. The topological polar surface area (TPSA) is 57.4 Å². The summed E-state index contributed by atoms with van der Waals surface area (Å²) in [6.45, 7) is 15.5. The van der Waals surface area contributed by atoms with Gasteiger partial charge in [0, 0.05) is 43.8 Å². The minimum Gasteiger partial charge on any atom is -0.355 e. The molecule has 16 heteroatoms. The molecule has 8 bridgehead atoms. The van der Waals surface area contributed by atoms with Crippen molar-refractivity contribution in [3.8, 4) is 22.3 Å². The molecule has 2 aromatic carbocycles. The highest BCUT2D eigenvalue weighted by Crippen LogP contribution is 2.83. The van der Waals surface area contributed by atoms with E-state index in [9.17, 15) is 0 Å². The van der Waals surface area contributed by atoms with Crippen LogP contribution in [-0.2, 0) is 0 Å². The Kier molecular flexibility index (Phi) is 13.9. The van der Waals surface area contributed by atoms with Crippen LogP contribution in [0.2, 0.25) is 0 Å². The van der Waals surface area contributed by atoms with Crippen LogP contribution in [0.1, 0.15) is 61.7 Å². The second-order valence-electron chi connectivity index (χ2n) is 14.0. The fourth-order valence-corrected chi connectivity index (χ4v) is 23.4. The van der Waals surface area contributed by atoms with Crippen molar-refractivity contribution in [1.29, 1.82) is 0 Å². The van der Waals surface area contributed by atoms with E-state index in [0.717, 1.165) is 63.9 Å². The number of nitrogens with zero attached hydrogens (tertiary/aromatic N) is 2. The number of fused-ring (bicyclic) bond motifs is 8. The van der Waals surface area contributed by atoms with E-state index in [4.69, 9.17) is 9.97 Å². The number of hydrogen-bond donors (Lipinski definition) is 2. The van der Waals surface area contributed by atoms with Crippen LogP contribution in [0, 0.1) is 48.5 Å². The normalized spacial score (nSPS) is 14.0. The van der Waals surface area contributed by atoms with Crippen molar-refractivity contribution in [2.45, 2.75) is 48.5 Å². The summed E-state index contributed by atoms with van der Waals surface area (Å²) in [5.74, 6) is 0. The monoisotopic (exact) mass is 944 g/mol. The standard InChI is InChI=1S/C39H48N4P12/c1-18-19(2)21(4)33(22(5)20(18)3)35-29-12-8-25(40-29)16-27-10-14-31(42-27)36(32-15-11-28(43-32)17-26-9-13-30(35)41-26)34-23(6)24(7)37(52(45)46)39(53(47)51-44)38(34)54(48)55(49)50/h8-17,40,43,51H,44-50H2,1-7H3. The third kappa shape index (κ3) is 8.20. The van der Waals surface area contributed by atoms with Crippen LogP contribution in [-0.4, -0.2) is 19.9 Å². The Morgan fingerprint density at radius 1 is 0.509 bits per heavy atom. The molecule has 10 unspecified atom stereocenters. The van der Waals surface area contributed by atoms with E-state index in [-0.39, 0.29) is 0 Å². The van der Waals surface area contributed by atoms with E-state index in [2.05, 4.69) is 182 Å². The number of aromatic amines is 2. The lowest BCUT2D eigenvalue weighted by molar-refractivity contribution is 1.17. The first kappa shape index (κ1) is 43.3. The number of H-pyrrole nitrogens is 2. The maximum atomic E-state index is 5.41. The Balaban J connectivity index is 1.62. The number of aromatic nitrogens is 4. The molecule has 10 atom stereocenters. The zero-order valence-corrected chi connectivity index (χ0v) is 44.7. The molecule has 284 valence electrons. The molecule has 0 amide bonds. The van der Waals surface area contributed by atoms with E-state index in [1.54, 1.807) is 5.30 Å². The minimum atomic E-state index is -0.580. The Labute approximate surface area is 348 Å². The molecule has 2 aliphatic heterocycles. The van der Waals surface area contributed by atoms with E-state index >= 15 is 0 Å². The van der Waals surface area contributed by atoms with E-state index in [1.165, 1.54) is 60.7 Å². The highest BCUT2D eigenvalue weighted by molar-refractivity contribution is 8.83. The van der Waals surface area contributed by atoms with Gasteiger partial charge in [-0.25, -0.2) is 9.97 Å². The van der Waals surface area contributed by atoms with Gasteiger partial charge in [-0.2, -0.15) is 0 Å². The van der Waals surface area contributed by atoms with Crippen LogP contribution in [0.3, 0.4) is 0 Å². The first-order valence-electron chi connectivity index (χ1n) is 17.6. The van der Waals surface area contributed by atoms with Crippen molar-refractivity contribution in [3.63, 3.8) is 0 Å². The molecule has 5 heterocycles. The summed E-state index contributed by atoms with van der Waals surface area (Å²) in [5, 5.41) is 4.55. The van der Waals surface area contributed by atoms with Gasteiger partial charge in [0.2, 0.25) is 0 Å². The van der Waals surface area contributed by atoms with Gasteiger partial charge in [-0.15, -0.1) is 62.5 Å². The smallest absolute Gasteiger partial charge is 0.0737 e. The molecule has 2 aliphatic rings. The number of hydrogen-bond acceptors (Lipinski definition) is 2. The summed E-state index contributed by atoms with van der Waals surface area (Å²) in [6, 6.07) is 13.1. The average molecular weight is 945 g/mol. The number of nitrogens with one attached hydrogen (secondary N) is 2. The van der Waals surface area contributed by atoms with Gasteiger partial charge in [0.1, 0.15) is 0 Å². The van der Waals surface area contributed by atoms with Gasteiger partial charge in [0.05, 0.1) is 22.8 Å². The van der Waals surface area contributed by atoms with E-state index in [0.29, 0.717) is 0 Å². The largest absolute Gasteiger partial charge is 0.355 e. The molecule has 0 spiro atoms. The summed E-state index contributed by atoms with van der Waals surface area (Å²) in [7, 11) is 21.4. The maximum absolute atomic E-state index is 5.41. The highest BCUT2D eigenvalue weighted by atomic mass is 32.8. The molecule has 0 radical (unpaired) electrons. The van der Waals surface area contributed by atoms with Gasteiger partial charge in [-0.05, 0) is 193 Å². The van der Waals surface area contributed by atoms with Gasteiger partial charge in [-0.3, -0.25) is 0 Å². The van der Waals surface area contributed by atoms with Gasteiger partial charge in [0.25, 0.3) is 0 Å². The second kappa shape index (κ2) is 17.7. The van der Waals surface area contributed by atoms with Crippen molar-refractivity contribution < 1.29 is 0 Å². The molecular weight excluding hydrogens is 896 g/mol. The Bertz CT molecular complexity index is 2590. The summed E-state index contributed by atoms with van der Waals surface area (Å²) in [6.07, 6.45) is 8.69. The van der Waals surface area contributed by atoms with Crippen LogP contribution in [0.5, 0.6) is 0 Å². The summed E-state index contributed by atoms with van der Waals surface area (Å²) < 4.78 is 0. The SMILES string of the molecule is Cc1c(C)c(C)c(-c2c3nc(cc4ccc([nH]4)c(-c4c(C)c(C)c(P(P)P)c(P(P)PP)c4P(P)P(P)P)c4nc(cc5ccc2[nH]5)C=C4)C=C3)c(C)c1C. The molecule has 2 N–H and O–H groups in total. The lowest BCUT2D eigenvalue weighted by atomic mass is 9.85. The van der Waals surface area contributed by atoms with Crippen molar-refractivity contribution in [2.75, 3.05) is 0 Å². The van der Waals surface area contributed by atoms with Gasteiger partial charge in [0.15, 0.2) is 0 Å². The first-order chi connectivity index (χ1) is 26.1. The fourth-order valence-electron chi connectivity index (χ4n) is 7.68. The second-order valence-corrected chi connectivity index (χ2v) is 44.6. The van der Waals surface area contributed by atoms with E-state index in [1.807, 2.05) is 0 Å². The first-order valence-corrected chi connectivity index (χ1v) is 37.1. The number of benzene rings is 2. The van der Waals surface area contributed by atoms with E-state index < -0.39 is 28.9 Å². The Morgan fingerprint density at radius 2 is 0.964 bits per heavy atom. The third-order valence-corrected chi connectivity index (χ3v) is 39.9. The summed E-state index contributed by atoms with van der Waals surface area (Å²) in [5.41, 5.74) is 22.1. The van der Waals surface area contributed by atoms with Crippen LogP contribution >= 0.6 is 99.3 Å². The van der Waals surface area contributed by atoms with Gasteiger partial charge >= 0.3 is 0 Å². The predicted octanol–water partition coefficient (Wildman–Crippen LogP) is 14.0. The molecule has 0 saturated heterocycles. The van der Waals surface area contributed by atoms with Crippen LogP contribution < -0.4 is 15.9 Å². The Morgan fingerprint density at radius 3 is 1.42 bits per heavy atom. The molecule has 0 fully saturated rings. The Hall–Kier alpha value is 0.200. The molecular formula is C39H48N4P12. The van der Waals surface area contributed by atoms with Crippen molar-refractivity contribution in [2.24, 2.45) is 0 Å². The van der Waals surface area contributed by atoms with Crippen LogP contribution in [0.15, 0.2) is 36.4 Å². The third-order valence-electron chi connectivity index (χ3n) is 11.0. The highest BCUT2D eigenvalue weighted by Gasteiger charge is 2.31. The molecule has 3 aromatic heterocycles. The van der Waals surface area contributed by atoms with Gasteiger partial charge in [-0.1, -0.05) is 7.96 Å². The quantitative estimate of drug-likeness (QED) is 0.156. The molecule has 5 aromatic rings. The predicted molar refractivity (Wildman–Crippen MR) is 286 cm³/mol. The molecule has 0 aliphatic carbocycles. The average Bonchev–Trinajstić information content (AvgIpc) is 3.99. The van der Waals surface area contributed by atoms with Crippen molar-refractivity contribution in [1.82, 2.24) is 19.9 Å². The number of rotatable bonds is 7. The molecule has 55 heavy (non-hydrogen) atoms. The van der Waals surface area contributed by atoms with Crippen LogP contribution in [0.25, 0.3) is 68.6 Å². The summed E-state index contributed by atoms with van der Waals surface area (Å²) >= 11 is 0. The molecule has 4 nitrogen and oxygen atoms in total. The molecule has 0 saturated carbocycles. The lowest BCUT2D eigenvalue weighted by Gasteiger charge is -2.32. The summed E-state index contributed by atoms with van der Waals surface area (Å²) in [4.78, 5) is 18.4. The lowest BCUT2D eigenvalue weighted by Crippen LogP contribution is -2.35. The van der Waals surface area contributed by atoms with Crippen LogP contribution in [0.4, 0.5) is 0 Å². The minimum absolute atomic E-state index is 0.409. The van der Waals surface area contributed by atoms with Gasteiger partial charge < -0.3 is 9.97 Å². The van der Waals surface area contributed by atoms with Crippen molar-refractivity contribution in [3.05, 3.63) is 98.1 Å². The van der Waals surface area contributed by atoms with Crippen molar-refractivity contribution >= 4 is 162 Å². The zero-order valence-electron chi connectivity index (χ0n) is 32.0. The fraction of sp³-hybridized carbons (Fsp3) is 0.179. The molecule has 7 rings (SSSR count).